The number of halogens is 2. The molecule has 5 rings (SSSR count). The van der Waals surface area contributed by atoms with Crippen LogP contribution < -0.4 is 9.64 Å². The van der Waals surface area contributed by atoms with Crippen LogP contribution >= 0.6 is 0 Å². The van der Waals surface area contributed by atoms with E-state index in [4.69, 9.17) is 4.74 Å². The van der Waals surface area contributed by atoms with E-state index in [0.29, 0.717) is 17.0 Å². The fraction of sp³-hybridized carbons (Fsp3) is 0.320. The summed E-state index contributed by atoms with van der Waals surface area (Å²) in [5.74, 6) is -0.322. The van der Waals surface area contributed by atoms with Crippen LogP contribution in [0.1, 0.15) is 25.3 Å². The van der Waals surface area contributed by atoms with Crippen molar-refractivity contribution in [2.75, 3.05) is 24.6 Å². The van der Waals surface area contributed by atoms with Crippen LogP contribution in [0.15, 0.2) is 48.8 Å². The molecule has 180 valence electrons. The second-order valence-corrected chi connectivity index (χ2v) is 8.58. The molecule has 35 heavy (non-hydrogen) atoms. The zero-order valence-electron chi connectivity index (χ0n) is 19.3. The number of benzene rings is 2. The number of aryl methyl sites for hydroxylation is 1. The molecule has 0 bridgehead atoms. The molecule has 2 aromatic heterocycles. The number of anilines is 1. The molecule has 0 radical (unpaired) electrons. The summed E-state index contributed by atoms with van der Waals surface area (Å²) in [6.45, 7) is 3.89. The lowest BCUT2D eigenvalue weighted by molar-refractivity contribution is 0.207. The van der Waals surface area contributed by atoms with Gasteiger partial charge in [0.2, 0.25) is 5.95 Å². The number of piperidine rings is 1. The molecule has 1 saturated heterocycles. The number of aromatic amines is 1. The monoisotopic (exact) mass is 477 g/mol. The van der Waals surface area contributed by atoms with Crippen molar-refractivity contribution >= 4 is 5.95 Å². The molecule has 8 nitrogen and oxygen atoms in total. The molecule has 2 aromatic carbocycles. The number of aromatic nitrogens is 6. The first kappa shape index (κ1) is 22.8. The van der Waals surface area contributed by atoms with E-state index in [2.05, 4.69) is 42.4 Å². The van der Waals surface area contributed by atoms with E-state index < -0.39 is 11.6 Å². The van der Waals surface area contributed by atoms with Crippen LogP contribution in [-0.2, 0) is 6.42 Å². The van der Waals surface area contributed by atoms with Crippen molar-refractivity contribution in [2.24, 2.45) is 5.92 Å². The highest BCUT2D eigenvalue weighted by Gasteiger charge is 2.23. The molecule has 0 unspecified atom stereocenters. The topological polar surface area (TPSA) is 92.7 Å². The van der Waals surface area contributed by atoms with E-state index in [1.807, 2.05) is 12.4 Å². The predicted molar refractivity (Wildman–Crippen MR) is 127 cm³/mol. The summed E-state index contributed by atoms with van der Waals surface area (Å²) in [6.07, 6.45) is 6.30. The Bertz CT molecular complexity index is 1230. The van der Waals surface area contributed by atoms with Crippen molar-refractivity contribution in [3.63, 3.8) is 0 Å². The standard InChI is InChI=1S/C25H25F2N7O/c1-2-16-13-28-25(29-14-16)34-9-7-17(8-10-34)15-35-23-21(26)11-20(12-22(23)27)18-3-5-19(6-4-18)24-30-32-33-31-24/h3-6,11-14,17H,2,7-10,15H2,1H3,(H,30,31,32,33). The number of nitrogens with one attached hydrogen (secondary N) is 1. The summed E-state index contributed by atoms with van der Waals surface area (Å²) in [5.41, 5.74) is 2.98. The summed E-state index contributed by atoms with van der Waals surface area (Å²) in [7, 11) is 0. The molecule has 10 heteroatoms. The summed E-state index contributed by atoms with van der Waals surface area (Å²) in [4.78, 5) is 11.0. The Morgan fingerprint density at radius 1 is 0.971 bits per heavy atom. The number of hydrogen-bond acceptors (Lipinski definition) is 7. The van der Waals surface area contributed by atoms with Gasteiger partial charge in [0, 0.05) is 31.0 Å². The Morgan fingerprint density at radius 3 is 2.23 bits per heavy atom. The third-order valence-corrected chi connectivity index (χ3v) is 6.30. The molecule has 0 saturated carbocycles. The second kappa shape index (κ2) is 10.1. The smallest absolute Gasteiger partial charge is 0.225 e. The average molecular weight is 478 g/mol. The highest BCUT2D eigenvalue weighted by molar-refractivity contribution is 5.68. The quantitative estimate of drug-likeness (QED) is 0.420. The number of rotatable bonds is 7. The van der Waals surface area contributed by atoms with Gasteiger partial charge in [-0.3, -0.25) is 0 Å². The minimum Gasteiger partial charge on any atom is -0.487 e. The first-order valence-corrected chi connectivity index (χ1v) is 11.6. The Morgan fingerprint density at radius 2 is 1.63 bits per heavy atom. The molecule has 0 amide bonds. The van der Waals surface area contributed by atoms with Crippen LogP contribution in [0, 0.1) is 17.6 Å². The summed E-state index contributed by atoms with van der Waals surface area (Å²) in [5, 5.41) is 13.6. The van der Waals surface area contributed by atoms with E-state index in [9.17, 15) is 8.78 Å². The molecule has 0 aliphatic carbocycles. The number of H-pyrrole nitrogens is 1. The van der Waals surface area contributed by atoms with Crippen molar-refractivity contribution < 1.29 is 13.5 Å². The summed E-state index contributed by atoms with van der Waals surface area (Å²) < 4.78 is 35.2. The van der Waals surface area contributed by atoms with E-state index in [-0.39, 0.29) is 18.3 Å². The SMILES string of the molecule is CCc1cnc(N2CCC(COc3c(F)cc(-c4ccc(-c5nnn[nH]5)cc4)cc3F)CC2)nc1. The van der Waals surface area contributed by atoms with Crippen LogP contribution in [0.3, 0.4) is 0 Å². The molecule has 3 heterocycles. The summed E-state index contributed by atoms with van der Waals surface area (Å²) >= 11 is 0. The van der Waals surface area contributed by atoms with Gasteiger partial charge in [0.15, 0.2) is 23.2 Å². The Kier molecular flexibility index (Phi) is 6.60. The molecule has 0 spiro atoms. The van der Waals surface area contributed by atoms with Crippen molar-refractivity contribution in [1.29, 1.82) is 0 Å². The molecular formula is C25H25F2N7O. The fourth-order valence-electron chi connectivity index (χ4n) is 4.16. The predicted octanol–water partition coefficient (Wildman–Crippen LogP) is 4.46. The lowest BCUT2D eigenvalue weighted by Crippen LogP contribution is -2.36. The number of tetrazole rings is 1. The van der Waals surface area contributed by atoms with Gasteiger partial charge in [-0.1, -0.05) is 31.2 Å². The first-order valence-electron chi connectivity index (χ1n) is 11.6. The zero-order chi connectivity index (χ0) is 24.2. The lowest BCUT2D eigenvalue weighted by Gasteiger charge is -2.31. The molecule has 0 atom stereocenters. The van der Waals surface area contributed by atoms with E-state index in [0.717, 1.165) is 49.4 Å². The molecule has 1 fully saturated rings. The van der Waals surface area contributed by atoms with E-state index >= 15 is 0 Å². The largest absolute Gasteiger partial charge is 0.487 e. The molecule has 1 aliphatic heterocycles. The number of ether oxygens (including phenoxy) is 1. The molecule has 1 N–H and O–H groups in total. The maximum Gasteiger partial charge on any atom is 0.225 e. The van der Waals surface area contributed by atoms with E-state index in [1.54, 1.807) is 24.3 Å². The molecule has 4 aromatic rings. The van der Waals surface area contributed by atoms with Gasteiger partial charge >= 0.3 is 0 Å². The van der Waals surface area contributed by atoms with Gasteiger partial charge in [0.1, 0.15) is 0 Å². The van der Waals surface area contributed by atoms with Gasteiger partial charge in [0.05, 0.1) is 6.61 Å². The normalized spacial score (nSPS) is 14.3. The number of nitrogens with zero attached hydrogens (tertiary/aromatic N) is 6. The maximum atomic E-state index is 14.8. The van der Waals surface area contributed by atoms with Crippen LogP contribution in [0.4, 0.5) is 14.7 Å². The van der Waals surface area contributed by atoms with Crippen molar-refractivity contribution in [1.82, 2.24) is 30.6 Å². The van der Waals surface area contributed by atoms with Crippen molar-refractivity contribution in [3.8, 4) is 28.3 Å². The Balaban J connectivity index is 1.19. The van der Waals surface area contributed by atoms with Gasteiger partial charge in [-0.15, -0.1) is 5.10 Å². The van der Waals surface area contributed by atoms with Crippen LogP contribution in [-0.4, -0.2) is 50.3 Å². The fourth-order valence-corrected chi connectivity index (χ4v) is 4.16. The highest BCUT2D eigenvalue weighted by atomic mass is 19.1. The Hall–Kier alpha value is -3.95. The molecule has 1 aliphatic rings. The second-order valence-electron chi connectivity index (χ2n) is 8.58. The van der Waals surface area contributed by atoms with Crippen molar-refractivity contribution in [2.45, 2.75) is 26.2 Å². The first-order chi connectivity index (χ1) is 17.1. The minimum absolute atomic E-state index is 0.206. The third kappa shape index (κ3) is 5.11. The Labute approximate surface area is 201 Å². The zero-order valence-corrected chi connectivity index (χ0v) is 19.3. The van der Waals surface area contributed by atoms with Crippen LogP contribution in [0.2, 0.25) is 0 Å². The average Bonchev–Trinajstić information content (AvgIpc) is 3.44. The maximum absolute atomic E-state index is 14.8. The van der Waals surface area contributed by atoms with Gasteiger partial charge in [-0.25, -0.2) is 23.8 Å². The molecular weight excluding hydrogens is 452 g/mol. The van der Waals surface area contributed by atoms with Crippen molar-refractivity contribution in [3.05, 3.63) is 66.0 Å². The number of hydrogen-bond donors (Lipinski definition) is 1. The van der Waals surface area contributed by atoms with Crippen LogP contribution in [0.5, 0.6) is 5.75 Å². The van der Waals surface area contributed by atoms with Gasteiger partial charge in [0.25, 0.3) is 0 Å². The third-order valence-electron chi connectivity index (χ3n) is 6.30. The van der Waals surface area contributed by atoms with Gasteiger partial charge < -0.3 is 9.64 Å². The van der Waals surface area contributed by atoms with Gasteiger partial charge in [-0.05, 0) is 64.4 Å². The van der Waals surface area contributed by atoms with Crippen LogP contribution in [0.25, 0.3) is 22.5 Å². The summed E-state index contributed by atoms with van der Waals surface area (Å²) in [6, 6.07) is 9.69. The van der Waals surface area contributed by atoms with Gasteiger partial charge in [-0.2, -0.15) is 0 Å². The highest BCUT2D eigenvalue weighted by Crippen LogP contribution is 2.31. The minimum atomic E-state index is -0.717. The lowest BCUT2D eigenvalue weighted by atomic mass is 9.98. The van der Waals surface area contributed by atoms with E-state index in [1.165, 1.54) is 12.1 Å².